The van der Waals surface area contributed by atoms with Crippen molar-refractivity contribution < 1.29 is 18.7 Å². The molecular weight excluding hydrogens is 332 g/mol. The highest BCUT2D eigenvalue weighted by atomic mass is 16.5. The smallest absolute Gasteiger partial charge is 0.305 e. The summed E-state index contributed by atoms with van der Waals surface area (Å²) in [7, 11) is 0. The molecule has 0 bridgehead atoms. The van der Waals surface area contributed by atoms with Gasteiger partial charge in [-0.2, -0.15) is 0 Å². The molecule has 2 N–H and O–H groups in total. The molecule has 1 aromatic heterocycles. The minimum Gasteiger partial charge on any atom is -0.481 e. The number of nitrogens with one attached hydrogen (secondary N) is 2. The van der Waals surface area contributed by atoms with Crippen LogP contribution in [0, 0.1) is 13.8 Å². The Bertz CT molecular complexity index is 928. The average Bonchev–Trinajstić information content (AvgIpc) is 3.07. The quantitative estimate of drug-likeness (QED) is 0.706. The van der Waals surface area contributed by atoms with Gasteiger partial charge in [-0.15, -0.1) is 0 Å². The van der Waals surface area contributed by atoms with Crippen molar-refractivity contribution in [2.45, 2.75) is 26.9 Å². The first-order valence-corrected chi connectivity index (χ1v) is 8.27. The summed E-state index contributed by atoms with van der Waals surface area (Å²) in [6.45, 7) is 5.52. The monoisotopic (exact) mass is 352 g/mol. The van der Waals surface area contributed by atoms with E-state index in [0.29, 0.717) is 11.3 Å². The Kier molecular flexibility index (Phi) is 4.93. The van der Waals surface area contributed by atoms with Crippen LogP contribution in [-0.2, 0) is 4.79 Å². The summed E-state index contributed by atoms with van der Waals surface area (Å²) in [6, 6.07) is 14.5. The van der Waals surface area contributed by atoms with Gasteiger partial charge in [0, 0.05) is 5.39 Å². The van der Waals surface area contributed by atoms with Crippen LogP contribution in [0.15, 0.2) is 52.9 Å². The second-order valence-electron chi connectivity index (χ2n) is 6.05. The zero-order valence-electron chi connectivity index (χ0n) is 14.8. The lowest BCUT2D eigenvalue weighted by Crippen LogP contribution is -2.47. The van der Waals surface area contributed by atoms with E-state index in [1.807, 2.05) is 44.2 Å². The van der Waals surface area contributed by atoms with Crippen LogP contribution in [-0.4, -0.2) is 17.9 Å². The standard InChI is InChI=1S/C20H20N2O4/c1-12-7-6-10-16(13(12)2)25-14(3)19(23)21-22-20(24)18-11-15-8-4-5-9-17(15)26-18/h4-11,14H,1-3H3,(H,21,23)(H,22,24). The highest BCUT2D eigenvalue weighted by Gasteiger charge is 2.18. The van der Waals surface area contributed by atoms with Gasteiger partial charge in [0.1, 0.15) is 11.3 Å². The molecule has 0 radical (unpaired) electrons. The first-order chi connectivity index (χ1) is 12.5. The van der Waals surface area contributed by atoms with Crippen molar-refractivity contribution in [1.29, 1.82) is 0 Å². The van der Waals surface area contributed by atoms with Gasteiger partial charge in [0.05, 0.1) is 0 Å². The summed E-state index contributed by atoms with van der Waals surface area (Å²) >= 11 is 0. The highest BCUT2D eigenvalue weighted by Crippen LogP contribution is 2.22. The molecule has 134 valence electrons. The Morgan fingerprint density at radius 3 is 2.58 bits per heavy atom. The van der Waals surface area contributed by atoms with Gasteiger partial charge in [0.15, 0.2) is 11.9 Å². The Morgan fingerprint density at radius 1 is 1.04 bits per heavy atom. The van der Waals surface area contributed by atoms with Crippen molar-refractivity contribution >= 4 is 22.8 Å². The van der Waals surface area contributed by atoms with Crippen LogP contribution in [0.25, 0.3) is 11.0 Å². The van der Waals surface area contributed by atoms with E-state index in [1.165, 1.54) is 0 Å². The van der Waals surface area contributed by atoms with Gasteiger partial charge < -0.3 is 9.15 Å². The molecule has 2 amide bonds. The molecular formula is C20H20N2O4. The van der Waals surface area contributed by atoms with Gasteiger partial charge in [0.25, 0.3) is 5.91 Å². The molecule has 0 aliphatic carbocycles. The van der Waals surface area contributed by atoms with Gasteiger partial charge in [-0.25, -0.2) is 0 Å². The third kappa shape index (κ3) is 3.69. The van der Waals surface area contributed by atoms with E-state index in [9.17, 15) is 9.59 Å². The number of hydrogen-bond acceptors (Lipinski definition) is 4. The van der Waals surface area contributed by atoms with E-state index < -0.39 is 17.9 Å². The zero-order valence-corrected chi connectivity index (χ0v) is 14.8. The van der Waals surface area contributed by atoms with Crippen LogP contribution < -0.4 is 15.6 Å². The molecule has 1 unspecified atom stereocenters. The molecule has 1 heterocycles. The van der Waals surface area contributed by atoms with Crippen molar-refractivity contribution in [3.63, 3.8) is 0 Å². The topological polar surface area (TPSA) is 80.6 Å². The summed E-state index contributed by atoms with van der Waals surface area (Å²) in [5, 5.41) is 0.815. The Balaban J connectivity index is 1.59. The van der Waals surface area contributed by atoms with Crippen molar-refractivity contribution in [1.82, 2.24) is 10.9 Å². The van der Waals surface area contributed by atoms with E-state index in [1.54, 1.807) is 25.1 Å². The lowest BCUT2D eigenvalue weighted by Gasteiger charge is -2.17. The molecule has 0 saturated carbocycles. The molecule has 3 aromatic rings. The largest absolute Gasteiger partial charge is 0.481 e. The number of hydrazine groups is 1. The first-order valence-electron chi connectivity index (χ1n) is 8.27. The van der Waals surface area contributed by atoms with Crippen molar-refractivity contribution in [3.05, 3.63) is 65.4 Å². The van der Waals surface area contributed by atoms with Gasteiger partial charge in [-0.3, -0.25) is 20.4 Å². The van der Waals surface area contributed by atoms with Gasteiger partial charge in [0.2, 0.25) is 0 Å². The van der Waals surface area contributed by atoms with Crippen LogP contribution in [0.4, 0.5) is 0 Å². The number of hydrogen-bond donors (Lipinski definition) is 2. The van der Waals surface area contributed by atoms with Gasteiger partial charge in [-0.05, 0) is 50.1 Å². The minimum atomic E-state index is -0.772. The Labute approximate surface area is 151 Å². The number of amides is 2. The summed E-state index contributed by atoms with van der Waals surface area (Å²) in [6.07, 6.45) is -0.772. The first kappa shape index (κ1) is 17.5. The average molecular weight is 352 g/mol. The second kappa shape index (κ2) is 7.31. The third-order valence-electron chi connectivity index (χ3n) is 4.18. The van der Waals surface area contributed by atoms with Crippen molar-refractivity contribution in [2.24, 2.45) is 0 Å². The molecule has 2 aromatic carbocycles. The highest BCUT2D eigenvalue weighted by molar-refractivity contribution is 5.97. The van der Waals surface area contributed by atoms with E-state index in [2.05, 4.69) is 10.9 Å². The normalized spacial score (nSPS) is 11.8. The number of rotatable bonds is 4. The van der Waals surface area contributed by atoms with Crippen molar-refractivity contribution in [3.8, 4) is 5.75 Å². The Morgan fingerprint density at radius 2 is 1.81 bits per heavy atom. The lowest BCUT2D eigenvalue weighted by molar-refractivity contribution is -0.128. The molecule has 6 heteroatoms. The predicted molar refractivity (Wildman–Crippen MR) is 97.8 cm³/mol. The van der Waals surface area contributed by atoms with E-state index >= 15 is 0 Å². The van der Waals surface area contributed by atoms with Crippen molar-refractivity contribution in [2.75, 3.05) is 0 Å². The molecule has 0 aliphatic rings. The lowest BCUT2D eigenvalue weighted by atomic mass is 10.1. The van der Waals surface area contributed by atoms with E-state index in [4.69, 9.17) is 9.15 Å². The molecule has 6 nitrogen and oxygen atoms in total. The molecule has 0 fully saturated rings. The number of aryl methyl sites for hydroxylation is 1. The number of benzene rings is 2. The number of fused-ring (bicyclic) bond motifs is 1. The summed E-state index contributed by atoms with van der Waals surface area (Å²) < 4.78 is 11.1. The Hall–Kier alpha value is -3.28. The molecule has 0 aliphatic heterocycles. The molecule has 0 spiro atoms. The predicted octanol–water partition coefficient (Wildman–Crippen LogP) is 3.28. The van der Waals surface area contributed by atoms with Crippen LogP contribution in [0.5, 0.6) is 5.75 Å². The van der Waals surface area contributed by atoms with Crippen LogP contribution >= 0.6 is 0 Å². The fourth-order valence-electron chi connectivity index (χ4n) is 2.47. The number of carbonyl (C=O) groups excluding carboxylic acids is 2. The number of ether oxygens (including phenoxy) is 1. The van der Waals surface area contributed by atoms with Crippen LogP contribution in [0.2, 0.25) is 0 Å². The second-order valence-corrected chi connectivity index (χ2v) is 6.05. The van der Waals surface area contributed by atoms with Gasteiger partial charge >= 0.3 is 5.91 Å². The fraction of sp³-hybridized carbons (Fsp3) is 0.200. The molecule has 0 saturated heterocycles. The maximum Gasteiger partial charge on any atom is 0.305 e. The maximum absolute atomic E-state index is 12.2. The zero-order chi connectivity index (χ0) is 18.7. The van der Waals surface area contributed by atoms with Crippen LogP contribution in [0.1, 0.15) is 28.6 Å². The number of furan rings is 1. The summed E-state index contributed by atoms with van der Waals surface area (Å²) in [5.74, 6) is -0.241. The van der Waals surface area contributed by atoms with Crippen LogP contribution in [0.3, 0.4) is 0 Å². The number of para-hydroxylation sites is 1. The molecule has 3 rings (SSSR count). The van der Waals surface area contributed by atoms with Gasteiger partial charge in [-0.1, -0.05) is 30.3 Å². The SMILES string of the molecule is Cc1cccc(OC(C)C(=O)NNC(=O)c2cc3ccccc3o2)c1C. The third-order valence-corrected chi connectivity index (χ3v) is 4.18. The molecule has 1 atom stereocenters. The summed E-state index contributed by atoms with van der Waals surface area (Å²) in [4.78, 5) is 24.3. The van der Waals surface area contributed by atoms with E-state index in [0.717, 1.165) is 16.5 Å². The summed E-state index contributed by atoms with van der Waals surface area (Å²) in [5.41, 5.74) is 7.35. The number of carbonyl (C=O) groups is 2. The fourth-order valence-corrected chi connectivity index (χ4v) is 2.47. The minimum absolute atomic E-state index is 0.120. The molecule has 26 heavy (non-hydrogen) atoms. The van der Waals surface area contributed by atoms with E-state index in [-0.39, 0.29) is 5.76 Å². The maximum atomic E-state index is 12.2.